The summed E-state index contributed by atoms with van der Waals surface area (Å²) in [7, 11) is 0. The van der Waals surface area contributed by atoms with Gasteiger partial charge in [-0.2, -0.15) is 11.8 Å². The smallest absolute Gasteiger partial charge is 0.243 e. The first kappa shape index (κ1) is 29.5. The van der Waals surface area contributed by atoms with Crippen LogP contribution in [0.2, 0.25) is 10.0 Å². The van der Waals surface area contributed by atoms with Crippen molar-refractivity contribution in [1.82, 2.24) is 10.2 Å². The normalized spacial score (nSPS) is 14.5. The number of amides is 2. The van der Waals surface area contributed by atoms with Gasteiger partial charge in [0.25, 0.3) is 0 Å². The maximum atomic E-state index is 13.8. The van der Waals surface area contributed by atoms with Crippen molar-refractivity contribution in [2.75, 3.05) is 5.75 Å². The molecule has 4 rings (SSSR count). The second-order valence-corrected chi connectivity index (χ2v) is 12.0. The van der Waals surface area contributed by atoms with Crippen LogP contribution in [0.4, 0.5) is 0 Å². The lowest BCUT2D eigenvalue weighted by Gasteiger charge is -2.33. The fourth-order valence-corrected chi connectivity index (χ4v) is 6.36. The summed E-state index contributed by atoms with van der Waals surface area (Å²) in [6.07, 6.45) is 6.19. The monoisotopic (exact) mass is 582 g/mol. The summed E-state index contributed by atoms with van der Waals surface area (Å²) >= 11 is 14.4. The third-order valence-corrected chi connectivity index (χ3v) is 8.77. The highest BCUT2D eigenvalue weighted by Crippen LogP contribution is 2.25. The van der Waals surface area contributed by atoms with Crippen molar-refractivity contribution in [2.45, 2.75) is 69.3 Å². The number of hydrogen-bond acceptors (Lipinski definition) is 3. The van der Waals surface area contributed by atoms with Crippen molar-refractivity contribution >= 4 is 46.8 Å². The molecule has 0 saturated heterocycles. The molecule has 0 heterocycles. The Kier molecular flexibility index (Phi) is 11.6. The molecule has 2 amide bonds. The van der Waals surface area contributed by atoms with Gasteiger partial charge in [-0.05, 0) is 41.7 Å². The van der Waals surface area contributed by atoms with Crippen LogP contribution in [0.15, 0.2) is 78.9 Å². The molecular weight excluding hydrogens is 547 g/mol. The molecule has 3 aromatic rings. The maximum absolute atomic E-state index is 13.8. The molecule has 7 heteroatoms. The molecule has 0 aliphatic heterocycles. The van der Waals surface area contributed by atoms with Gasteiger partial charge in [0.1, 0.15) is 6.04 Å². The second kappa shape index (κ2) is 15.4. The van der Waals surface area contributed by atoms with Crippen molar-refractivity contribution in [1.29, 1.82) is 0 Å². The minimum Gasteiger partial charge on any atom is -0.352 e. The second-order valence-electron chi connectivity index (χ2n) is 10.1. The first-order valence-electron chi connectivity index (χ1n) is 13.7. The molecule has 4 nitrogen and oxygen atoms in total. The van der Waals surface area contributed by atoms with E-state index in [4.69, 9.17) is 23.2 Å². The van der Waals surface area contributed by atoms with Crippen LogP contribution in [0.3, 0.4) is 0 Å². The topological polar surface area (TPSA) is 49.4 Å². The zero-order chi connectivity index (χ0) is 27.5. The van der Waals surface area contributed by atoms with Gasteiger partial charge in [0.15, 0.2) is 0 Å². The Morgan fingerprint density at radius 1 is 0.897 bits per heavy atom. The van der Waals surface area contributed by atoms with Crippen LogP contribution >= 0.6 is 35.0 Å². The van der Waals surface area contributed by atoms with E-state index in [0.717, 1.165) is 42.6 Å². The Balaban J connectivity index is 1.55. The first-order chi connectivity index (χ1) is 19.0. The van der Waals surface area contributed by atoms with Crippen molar-refractivity contribution in [3.63, 3.8) is 0 Å². The number of carbonyl (C=O) groups is 2. The molecule has 0 bridgehead atoms. The molecule has 0 spiro atoms. The number of carbonyl (C=O) groups excluding carboxylic acids is 2. The largest absolute Gasteiger partial charge is 0.352 e. The summed E-state index contributed by atoms with van der Waals surface area (Å²) in [5.74, 6) is 1.36. The zero-order valence-electron chi connectivity index (χ0n) is 22.2. The predicted molar refractivity (Wildman–Crippen MR) is 163 cm³/mol. The van der Waals surface area contributed by atoms with E-state index >= 15 is 0 Å². The van der Waals surface area contributed by atoms with E-state index in [1.165, 1.54) is 12.0 Å². The highest BCUT2D eigenvalue weighted by molar-refractivity contribution is 7.98. The van der Waals surface area contributed by atoms with Crippen LogP contribution in [-0.2, 0) is 28.3 Å². The van der Waals surface area contributed by atoms with Crippen molar-refractivity contribution in [2.24, 2.45) is 0 Å². The molecule has 1 aliphatic rings. The lowest BCUT2D eigenvalue weighted by atomic mass is 9.94. The molecule has 0 aromatic heterocycles. The first-order valence-corrected chi connectivity index (χ1v) is 15.6. The molecular formula is C32H36Cl2N2O2S. The lowest BCUT2D eigenvalue weighted by Crippen LogP contribution is -2.53. The van der Waals surface area contributed by atoms with E-state index in [-0.39, 0.29) is 24.4 Å². The van der Waals surface area contributed by atoms with Crippen LogP contribution < -0.4 is 5.32 Å². The highest BCUT2D eigenvalue weighted by Gasteiger charge is 2.32. The zero-order valence-corrected chi connectivity index (χ0v) is 24.5. The van der Waals surface area contributed by atoms with Gasteiger partial charge in [0.2, 0.25) is 11.8 Å². The van der Waals surface area contributed by atoms with E-state index in [0.29, 0.717) is 28.6 Å². The number of hydrogen-bond donors (Lipinski definition) is 1. The number of thioether (sulfide) groups is 1. The standard InChI is InChI=1S/C32H36Cl2N2O2S/c33-27-17-16-26(29(34)21-27)22-36(31(37)18-19-39-23-25-12-6-2-7-13-25)30(20-24-10-4-1-5-11-24)32(38)35-28-14-8-3-9-15-28/h1-2,4-7,10-13,16-17,21,28,30H,3,8-9,14-15,18-20,22-23H2,(H,35,38). The molecule has 206 valence electrons. The van der Waals surface area contributed by atoms with Crippen LogP contribution in [0.5, 0.6) is 0 Å². The van der Waals surface area contributed by atoms with Crippen LogP contribution in [0.1, 0.15) is 55.2 Å². The highest BCUT2D eigenvalue weighted by atomic mass is 35.5. The number of halogens is 2. The molecule has 1 aliphatic carbocycles. The summed E-state index contributed by atoms with van der Waals surface area (Å²) < 4.78 is 0. The number of benzene rings is 3. The van der Waals surface area contributed by atoms with Gasteiger partial charge in [-0.15, -0.1) is 0 Å². The number of nitrogens with zero attached hydrogens (tertiary/aromatic N) is 1. The average Bonchev–Trinajstić information content (AvgIpc) is 2.95. The van der Waals surface area contributed by atoms with E-state index in [1.54, 1.807) is 28.8 Å². The summed E-state index contributed by atoms with van der Waals surface area (Å²) in [4.78, 5) is 29.4. The quantitative estimate of drug-likeness (QED) is 0.222. The Labute approximate surface area is 246 Å². The van der Waals surface area contributed by atoms with E-state index in [1.807, 2.05) is 54.6 Å². The fourth-order valence-electron chi connectivity index (χ4n) is 5.00. The number of rotatable bonds is 12. The van der Waals surface area contributed by atoms with Crippen LogP contribution in [0.25, 0.3) is 0 Å². The molecule has 1 N–H and O–H groups in total. The average molecular weight is 584 g/mol. The van der Waals surface area contributed by atoms with E-state index in [2.05, 4.69) is 17.4 Å². The van der Waals surface area contributed by atoms with Crippen LogP contribution in [-0.4, -0.2) is 34.6 Å². The molecule has 3 aromatic carbocycles. The lowest BCUT2D eigenvalue weighted by molar-refractivity contribution is -0.141. The molecule has 1 atom stereocenters. The Hall–Kier alpha value is -2.47. The fraction of sp³-hybridized carbons (Fsp3) is 0.375. The van der Waals surface area contributed by atoms with Crippen molar-refractivity contribution in [3.05, 3.63) is 106 Å². The Morgan fingerprint density at radius 3 is 2.23 bits per heavy atom. The molecule has 1 saturated carbocycles. The summed E-state index contributed by atoms with van der Waals surface area (Å²) in [5, 5.41) is 4.31. The number of nitrogens with one attached hydrogen (secondary N) is 1. The van der Waals surface area contributed by atoms with Gasteiger partial charge in [0.05, 0.1) is 0 Å². The van der Waals surface area contributed by atoms with Gasteiger partial charge < -0.3 is 10.2 Å². The third kappa shape index (κ3) is 9.30. The van der Waals surface area contributed by atoms with Gasteiger partial charge in [-0.25, -0.2) is 0 Å². The van der Waals surface area contributed by atoms with Gasteiger partial charge in [-0.3, -0.25) is 9.59 Å². The van der Waals surface area contributed by atoms with Gasteiger partial charge >= 0.3 is 0 Å². The molecule has 39 heavy (non-hydrogen) atoms. The maximum Gasteiger partial charge on any atom is 0.243 e. The molecule has 1 fully saturated rings. The Morgan fingerprint density at radius 2 is 1.56 bits per heavy atom. The van der Waals surface area contributed by atoms with E-state index in [9.17, 15) is 9.59 Å². The van der Waals surface area contributed by atoms with Gasteiger partial charge in [0, 0.05) is 47.0 Å². The molecule has 1 unspecified atom stereocenters. The SMILES string of the molecule is O=C(NC1CCCCC1)C(Cc1ccccc1)N(Cc1ccc(Cl)cc1Cl)C(=O)CCSCc1ccccc1. The summed E-state index contributed by atoms with van der Waals surface area (Å²) in [5.41, 5.74) is 3.02. The predicted octanol–water partition coefficient (Wildman–Crippen LogP) is 7.71. The van der Waals surface area contributed by atoms with Crippen LogP contribution in [0, 0.1) is 0 Å². The Bertz CT molecular complexity index is 1200. The van der Waals surface area contributed by atoms with Crippen molar-refractivity contribution < 1.29 is 9.59 Å². The van der Waals surface area contributed by atoms with Gasteiger partial charge in [-0.1, -0.05) is 109 Å². The summed E-state index contributed by atoms with van der Waals surface area (Å²) in [6.45, 7) is 0.244. The third-order valence-electron chi connectivity index (χ3n) is 7.15. The molecule has 0 radical (unpaired) electrons. The minimum atomic E-state index is -0.646. The van der Waals surface area contributed by atoms with E-state index < -0.39 is 6.04 Å². The minimum absolute atomic E-state index is 0.0543. The summed E-state index contributed by atoms with van der Waals surface area (Å²) in [6, 6.07) is 25.0. The van der Waals surface area contributed by atoms with Crippen molar-refractivity contribution in [3.8, 4) is 0 Å².